The number of carbonyl (C=O) groups excluding carboxylic acids is 1. The molecular formula is C13H20FN3O. The van der Waals surface area contributed by atoms with Gasteiger partial charge >= 0.3 is 6.03 Å². The van der Waals surface area contributed by atoms with E-state index in [0.29, 0.717) is 18.7 Å². The average molecular weight is 253 g/mol. The highest BCUT2D eigenvalue weighted by atomic mass is 19.1. The molecule has 0 aliphatic heterocycles. The summed E-state index contributed by atoms with van der Waals surface area (Å²) in [6.07, 6.45) is 0. The molecule has 0 fully saturated rings. The van der Waals surface area contributed by atoms with Crippen LogP contribution in [0, 0.1) is 5.82 Å². The van der Waals surface area contributed by atoms with E-state index in [1.165, 1.54) is 11.0 Å². The van der Waals surface area contributed by atoms with Crippen molar-refractivity contribution in [2.45, 2.75) is 13.0 Å². The molecule has 0 aliphatic rings. The smallest absolute Gasteiger partial charge is 0.316 e. The molecule has 0 aromatic heterocycles. The summed E-state index contributed by atoms with van der Waals surface area (Å²) >= 11 is 0. The lowest BCUT2D eigenvalue weighted by Crippen LogP contribution is -2.38. The summed E-state index contributed by atoms with van der Waals surface area (Å²) in [6.45, 7) is 3.00. The zero-order valence-corrected chi connectivity index (χ0v) is 11.0. The average Bonchev–Trinajstić information content (AvgIpc) is 2.34. The Labute approximate surface area is 107 Å². The number of nitrogens with one attached hydrogen (secondary N) is 2. The number of hydrogen-bond acceptors (Lipinski definition) is 2. The van der Waals surface area contributed by atoms with E-state index >= 15 is 0 Å². The molecule has 0 saturated carbocycles. The molecule has 0 radical (unpaired) electrons. The Morgan fingerprint density at radius 2 is 2.00 bits per heavy atom. The van der Waals surface area contributed by atoms with Gasteiger partial charge in [0.15, 0.2) is 0 Å². The van der Waals surface area contributed by atoms with Gasteiger partial charge in [0.2, 0.25) is 0 Å². The van der Waals surface area contributed by atoms with Crippen LogP contribution in [0.2, 0.25) is 0 Å². The van der Waals surface area contributed by atoms with Gasteiger partial charge < -0.3 is 15.5 Å². The summed E-state index contributed by atoms with van der Waals surface area (Å²) < 4.78 is 13.5. The fourth-order valence-electron chi connectivity index (χ4n) is 1.55. The molecule has 0 saturated heterocycles. The molecular weight excluding hydrogens is 233 g/mol. The van der Waals surface area contributed by atoms with E-state index in [0.717, 1.165) is 0 Å². The van der Waals surface area contributed by atoms with E-state index in [1.54, 1.807) is 26.2 Å². The molecule has 1 atom stereocenters. The maximum absolute atomic E-state index is 13.5. The lowest BCUT2D eigenvalue weighted by molar-refractivity contribution is 0.217. The quantitative estimate of drug-likeness (QED) is 0.785. The van der Waals surface area contributed by atoms with Gasteiger partial charge in [0, 0.05) is 38.8 Å². The van der Waals surface area contributed by atoms with E-state index in [2.05, 4.69) is 10.6 Å². The van der Waals surface area contributed by atoms with Crippen molar-refractivity contribution in [2.24, 2.45) is 0 Å². The van der Waals surface area contributed by atoms with Crippen LogP contribution >= 0.6 is 0 Å². The first-order valence-electron chi connectivity index (χ1n) is 5.95. The van der Waals surface area contributed by atoms with E-state index < -0.39 is 0 Å². The van der Waals surface area contributed by atoms with Crippen LogP contribution in [0.25, 0.3) is 0 Å². The van der Waals surface area contributed by atoms with Gasteiger partial charge in [-0.25, -0.2) is 9.18 Å². The Morgan fingerprint density at radius 1 is 1.33 bits per heavy atom. The van der Waals surface area contributed by atoms with Gasteiger partial charge in [-0.05, 0) is 13.0 Å². The first-order chi connectivity index (χ1) is 8.52. The normalized spacial score (nSPS) is 12.0. The number of nitrogens with zero attached hydrogens (tertiary/aromatic N) is 1. The molecule has 1 rings (SSSR count). The number of benzene rings is 1. The van der Waals surface area contributed by atoms with Gasteiger partial charge in [-0.3, -0.25) is 0 Å². The van der Waals surface area contributed by atoms with Crippen molar-refractivity contribution in [1.82, 2.24) is 15.5 Å². The first kappa shape index (κ1) is 14.4. The minimum atomic E-state index is -0.213. The van der Waals surface area contributed by atoms with Crippen LogP contribution in [0.3, 0.4) is 0 Å². The van der Waals surface area contributed by atoms with Crippen molar-refractivity contribution in [3.63, 3.8) is 0 Å². The predicted molar refractivity (Wildman–Crippen MR) is 69.9 cm³/mol. The monoisotopic (exact) mass is 253 g/mol. The van der Waals surface area contributed by atoms with Crippen molar-refractivity contribution in [3.8, 4) is 0 Å². The summed E-state index contributed by atoms with van der Waals surface area (Å²) in [5.74, 6) is -0.213. The molecule has 1 aromatic carbocycles. The van der Waals surface area contributed by atoms with Crippen LogP contribution in [0.4, 0.5) is 9.18 Å². The SMILES string of the molecule is CC(NCCNC(=O)N(C)C)c1ccccc1F. The minimum absolute atomic E-state index is 0.0811. The molecule has 1 unspecified atom stereocenters. The first-order valence-corrected chi connectivity index (χ1v) is 5.95. The lowest BCUT2D eigenvalue weighted by Gasteiger charge is -2.16. The second-order valence-electron chi connectivity index (χ2n) is 4.32. The van der Waals surface area contributed by atoms with E-state index in [4.69, 9.17) is 0 Å². The van der Waals surface area contributed by atoms with Crippen LogP contribution in [-0.4, -0.2) is 38.1 Å². The van der Waals surface area contributed by atoms with E-state index in [9.17, 15) is 9.18 Å². The number of amides is 2. The summed E-state index contributed by atoms with van der Waals surface area (Å²) in [5.41, 5.74) is 0.636. The summed E-state index contributed by atoms with van der Waals surface area (Å²) in [6, 6.07) is 6.47. The third-order valence-electron chi connectivity index (χ3n) is 2.63. The summed E-state index contributed by atoms with van der Waals surface area (Å²) in [7, 11) is 3.37. The maximum atomic E-state index is 13.5. The molecule has 2 amide bonds. The third-order valence-corrected chi connectivity index (χ3v) is 2.63. The highest BCUT2D eigenvalue weighted by Crippen LogP contribution is 2.15. The Bertz CT molecular complexity index is 396. The van der Waals surface area contributed by atoms with Crippen molar-refractivity contribution in [3.05, 3.63) is 35.6 Å². The van der Waals surface area contributed by atoms with Crippen LogP contribution in [-0.2, 0) is 0 Å². The fraction of sp³-hybridized carbons (Fsp3) is 0.462. The van der Waals surface area contributed by atoms with Crippen LogP contribution < -0.4 is 10.6 Å². The number of rotatable bonds is 5. The van der Waals surface area contributed by atoms with Crippen molar-refractivity contribution < 1.29 is 9.18 Å². The maximum Gasteiger partial charge on any atom is 0.316 e. The van der Waals surface area contributed by atoms with Gasteiger partial charge in [-0.2, -0.15) is 0 Å². The van der Waals surface area contributed by atoms with Gasteiger partial charge in [0.1, 0.15) is 5.82 Å². The molecule has 0 heterocycles. The molecule has 0 spiro atoms. The molecule has 0 aliphatic carbocycles. The Hall–Kier alpha value is -1.62. The Kier molecular flexibility index (Phi) is 5.58. The Morgan fingerprint density at radius 3 is 2.61 bits per heavy atom. The lowest BCUT2D eigenvalue weighted by atomic mass is 10.1. The summed E-state index contributed by atoms with van der Waals surface area (Å²) in [4.78, 5) is 12.7. The number of halogens is 1. The molecule has 0 bridgehead atoms. The zero-order valence-electron chi connectivity index (χ0n) is 11.0. The van der Waals surface area contributed by atoms with Gasteiger partial charge in [0.25, 0.3) is 0 Å². The topological polar surface area (TPSA) is 44.4 Å². The summed E-state index contributed by atoms with van der Waals surface area (Å²) in [5, 5.41) is 5.90. The molecule has 1 aromatic rings. The van der Waals surface area contributed by atoms with Crippen molar-refractivity contribution in [1.29, 1.82) is 0 Å². The van der Waals surface area contributed by atoms with Crippen LogP contribution in [0.5, 0.6) is 0 Å². The second-order valence-corrected chi connectivity index (χ2v) is 4.32. The molecule has 100 valence electrons. The molecule has 18 heavy (non-hydrogen) atoms. The molecule has 2 N–H and O–H groups in total. The highest BCUT2D eigenvalue weighted by Gasteiger charge is 2.09. The van der Waals surface area contributed by atoms with Gasteiger partial charge in [-0.1, -0.05) is 18.2 Å². The zero-order chi connectivity index (χ0) is 13.5. The number of carbonyl (C=O) groups is 1. The van der Waals surface area contributed by atoms with Gasteiger partial charge in [0.05, 0.1) is 0 Å². The second kappa shape index (κ2) is 6.96. The standard InChI is InChI=1S/C13H20FN3O/c1-10(11-6-4-5-7-12(11)14)15-8-9-16-13(18)17(2)3/h4-7,10,15H,8-9H2,1-3H3,(H,16,18). The highest BCUT2D eigenvalue weighted by molar-refractivity contribution is 5.73. The fourth-order valence-corrected chi connectivity index (χ4v) is 1.55. The largest absolute Gasteiger partial charge is 0.337 e. The molecule has 4 nitrogen and oxygen atoms in total. The predicted octanol–water partition coefficient (Wildman–Crippen LogP) is 1.75. The van der Waals surface area contributed by atoms with Crippen molar-refractivity contribution >= 4 is 6.03 Å². The van der Waals surface area contributed by atoms with Crippen LogP contribution in [0.1, 0.15) is 18.5 Å². The van der Waals surface area contributed by atoms with Gasteiger partial charge in [-0.15, -0.1) is 0 Å². The molecule has 5 heteroatoms. The number of urea groups is 1. The van der Waals surface area contributed by atoms with Crippen molar-refractivity contribution in [2.75, 3.05) is 27.2 Å². The number of hydrogen-bond donors (Lipinski definition) is 2. The minimum Gasteiger partial charge on any atom is -0.337 e. The third kappa shape index (κ3) is 4.33. The van der Waals surface area contributed by atoms with E-state index in [1.807, 2.05) is 13.0 Å². The Balaban J connectivity index is 2.32. The van der Waals surface area contributed by atoms with E-state index in [-0.39, 0.29) is 17.9 Å². The van der Waals surface area contributed by atoms with Crippen LogP contribution in [0.15, 0.2) is 24.3 Å².